The number of fused-ring (bicyclic) bond motifs is 1. The standard InChI is InChI=1S/C20H17ClFN5O3/c1-10-3-4-11(2)15(7-10)23-16(28)9-26-18-17(24-25-26)19(29)27(20(18)30)12-5-6-14(22)13(21)8-12/h3-8,17-18H,9H2,1-2H3,(H,23,28). The lowest BCUT2D eigenvalue weighted by Gasteiger charge is -2.20. The van der Waals surface area contributed by atoms with E-state index in [1.54, 1.807) is 0 Å². The Balaban J connectivity index is 1.51. The Morgan fingerprint density at radius 1 is 1.17 bits per heavy atom. The molecule has 1 fully saturated rings. The van der Waals surface area contributed by atoms with Crippen LogP contribution in [-0.2, 0) is 14.4 Å². The summed E-state index contributed by atoms with van der Waals surface area (Å²) < 4.78 is 13.4. The summed E-state index contributed by atoms with van der Waals surface area (Å²) >= 11 is 5.78. The number of hydrogen-bond donors (Lipinski definition) is 1. The molecule has 2 aromatic rings. The van der Waals surface area contributed by atoms with Gasteiger partial charge in [0.25, 0.3) is 11.8 Å². The molecule has 2 aromatic carbocycles. The number of imide groups is 1. The minimum atomic E-state index is -1.06. The van der Waals surface area contributed by atoms with Crippen LogP contribution in [0.15, 0.2) is 46.7 Å². The molecule has 4 rings (SSSR count). The predicted molar refractivity (Wildman–Crippen MR) is 108 cm³/mol. The first kappa shape index (κ1) is 20.0. The zero-order valence-electron chi connectivity index (χ0n) is 16.1. The third kappa shape index (κ3) is 3.41. The quantitative estimate of drug-likeness (QED) is 0.756. The molecular weight excluding hydrogens is 413 g/mol. The lowest BCUT2D eigenvalue weighted by molar-refractivity contribution is -0.123. The summed E-state index contributed by atoms with van der Waals surface area (Å²) in [4.78, 5) is 39.0. The Morgan fingerprint density at radius 3 is 2.67 bits per heavy atom. The minimum absolute atomic E-state index is 0.140. The van der Waals surface area contributed by atoms with Gasteiger partial charge in [-0.05, 0) is 49.2 Å². The van der Waals surface area contributed by atoms with Crippen molar-refractivity contribution in [3.63, 3.8) is 0 Å². The van der Waals surface area contributed by atoms with E-state index in [2.05, 4.69) is 15.7 Å². The van der Waals surface area contributed by atoms with Crippen LogP contribution in [0.2, 0.25) is 5.02 Å². The summed E-state index contributed by atoms with van der Waals surface area (Å²) in [6.45, 7) is 3.52. The highest BCUT2D eigenvalue weighted by Gasteiger charge is 2.55. The second kappa shape index (κ2) is 7.49. The highest BCUT2D eigenvalue weighted by molar-refractivity contribution is 6.32. The Morgan fingerprint density at radius 2 is 1.93 bits per heavy atom. The molecule has 0 aliphatic carbocycles. The highest BCUT2D eigenvalue weighted by Crippen LogP contribution is 2.33. The molecule has 2 aliphatic heterocycles. The number of amides is 3. The SMILES string of the molecule is Cc1ccc(C)c(NC(=O)CN2N=NC3C(=O)N(c4ccc(F)c(Cl)c4)C(=O)C32)c1. The van der Waals surface area contributed by atoms with E-state index in [-0.39, 0.29) is 17.3 Å². The number of aryl methyl sites for hydroxylation is 2. The van der Waals surface area contributed by atoms with Crippen LogP contribution in [0.5, 0.6) is 0 Å². The van der Waals surface area contributed by atoms with E-state index in [1.807, 2.05) is 32.0 Å². The number of carbonyl (C=O) groups excluding carboxylic acids is 3. The Hall–Kier alpha value is -3.33. The van der Waals surface area contributed by atoms with E-state index in [0.717, 1.165) is 22.1 Å². The Bertz CT molecular complexity index is 1110. The topological polar surface area (TPSA) is 94.4 Å². The van der Waals surface area contributed by atoms with E-state index < -0.39 is 35.6 Å². The van der Waals surface area contributed by atoms with Crippen molar-refractivity contribution in [3.8, 4) is 0 Å². The second-order valence-electron chi connectivity index (χ2n) is 7.17. The Labute approximate surface area is 176 Å². The third-order valence-corrected chi connectivity index (χ3v) is 5.28. The molecule has 0 saturated carbocycles. The van der Waals surface area contributed by atoms with Crippen LogP contribution < -0.4 is 10.2 Å². The molecule has 3 amide bonds. The van der Waals surface area contributed by atoms with Gasteiger partial charge in [-0.15, -0.1) is 0 Å². The molecule has 0 aromatic heterocycles. The second-order valence-corrected chi connectivity index (χ2v) is 7.58. The van der Waals surface area contributed by atoms with Gasteiger partial charge in [-0.2, -0.15) is 5.11 Å². The van der Waals surface area contributed by atoms with Gasteiger partial charge >= 0.3 is 0 Å². The van der Waals surface area contributed by atoms with E-state index >= 15 is 0 Å². The number of halogens is 2. The number of anilines is 2. The summed E-state index contributed by atoms with van der Waals surface area (Å²) in [5, 5.41) is 11.5. The fraction of sp³-hybridized carbons (Fsp3) is 0.250. The molecule has 2 heterocycles. The third-order valence-electron chi connectivity index (χ3n) is 4.99. The monoisotopic (exact) mass is 429 g/mol. The van der Waals surface area contributed by atoms with Crippen molar-refractivity contribution in [1.82, 2.24) is 5.01 Å². The van der Waals surface area contributed by atoms with Crippen LogP contribution >= 0.6 is 11.6 Å². The maximum atomic E-state index is 13.4. The van der Waals surface area contributed by atoms with E-state index in [4.69, 9.17) is 11.6 Å². The van der Waals surface area contributed by atoms with Gasteiger partial charge in [-0.25, -0.2) is 9.29 Å². The van der Waals surface area contributed by atoms with Crippen LogP contribution in [-0.4, -0.2) is 41.4 Å². The van der Waals surface area contributed by atoms with Gasteiger partial charge in [0.15, 0.2) is 12.1 Å². The molecule has 8 nitrogen and oxygen atoms in total. The fourth-order valence-corrected chi connectivity index (χ4v) is 3.61. The maximum absolute atomic E-state index is 13.4. The Kier molecular flexibility index (Phi) is 4.98. The highest BCUT2D eigenvalue weighted by atomic mass is 35.5. The number of benzene rings is 2. The summed E-state index contributed by atoms with van der Waals surface area (Å²) in [6, 6.07) is 7.12. The smallest absolute Gasteiger partial charge is 0.263 e. The molecule has 0 spiro atoms. The molecule has 0 radical (unpaired) electrons. The van der Waals surface area contributed by atoms with Gasteiger partial charge < -0.3 is 5.32 Å². The molecule has 2 aliphatic rings. The fourth-order valence-electron chi connectivity index (χ4n) is 3.44. The number of hydrogen-bond acceptors (Lipinski definition) is 6. The van der Waals surface area contributed by atoms with E-state index in [9.17, 15) is 18.8 Å². The molecule has 1 N–H and O–H groups in total. The van der Waals surface area contributed by atoms with Gasteiger partial charge in [0.2, 0.25) is 5.91 Å². The molecule has 0 bridgehead atoms. The first-order valence-electron chi connectivity index (χ1n) is 9.13. The van der Waals surface area contributed by atoms with Crippen LogP contribution in [0.1, 0.15) is 11.1 Å². The zero-order valence-corrected chi connectivity index (χ0v) is 16.9. The first-order chi connectivity index (χ1) is 14.3. The van der Waals surface area contributed by atoms with Crippen LogP contribution in [0.4, 0.5) is 15.8 Å². The molecular formula is C20H17ClFN5O3. The van der Waals surface area contributed by atoms with Crippen molar-refractivity contribution in [2.24, 2.45) is 10.3 Å². The van der Waals surface area contributed by atoms with Crippen molar-refractivity contribution in [1.29, 1.82) is 0 Å². The van der Waals surface area contributed by atoms with Crippen molar-refractivity contribution < 1.29 is 18.8 Å². The van der Waals surface area contributed by atoms with E-state index in [1.165, 1.54) is 17.1 Å². The van der Waals surface area contributed by atoms with Gasteiger partial charge in [0, 0.05) is 5.69 Å². The average molecular weight is 430 g/mol. The maximum Gasteiger partial charge on any atom is 0.263 e. The molecule has 2 unspecified atom stereocenters. The van der Waals surface area contributed by atoms with Gasteiger partial charge in [-0.3, -0.25) is 19.4 Å². The number of rotatable bonds is 4. The summed E-state index contributed by atoms with van der Waals surface area (Å²) in [5.74, 6) is -2.26. The van der Waals surface area contributed by atoms with Crippen LogP contribution in [0, 0.1) is 19.7 Å². The molecule has 154 valence electrons. The molecule has 2 atom stereocenters. The molecule has 10 heteroatoms. The summed E-state index contributed by atoms with van der Waals surface area (Å²) in [5.41, 5.74) is 2.67. The summed E-state index contributed by atoms with van der Waals surface area (Å²) in [6.07, 6.45) is 0. The zero-order chi connectivity index (χ0) is 21.6. The van der Waals surface area contributed by atoms with Crippen molar-refractivity contribution in [2.75, 3.05) is 16.8 Å². The predicted octanol–water partition coefficient (Wildman–Crippen LogP) is 3.03. The number of nitrogens with one attached hydrogen (secondary N) is 1. The lowest BCUT2D eigenvalue weighted by Crippen LogP contribution is -2.43. The van der Waals surface area contributed by atoms with Crippen LogP contribution in [0.25, 0.3) is 0 Å². The van der Waals surface area contributed by atoms with Crippen molar-refractivity contribution >= 4 is 40.7 Å². The first-order valence-corrected chi connectivity index (χ1v) is 9.51. The minimum Gasteiger partial charge on any atom is -0.324 e. The van der Waals surface area contributed by atoms with Gasteiger partial charge in [0.1, 0.15) is 12.4 Å². The average Bonchev–Trinajstić information content (AvgIpc) is 3.21. The van der Waals surface area contributed by atoms with Crippen molar-refractivity contribution in [3.05, 3.63) is 58.4 Å². The van der Waals surface area contributed by atoms with Crippen molar-refractivity contribution in [2.45, 2.75) is 25.9 Å². The van der Waals surface area contributed by atoms with Crippen LogP contribution in [0.3, 0.4) is 0 Å². The molecule has 1 saturated heterocycles. The normalized spacial score (nSPS) is 20.1. The number of nitrogens with zero attached hydrogens (tertiary/aromatic N) is 4. The van der Waals surface area contributed by atoms with E-state index in [0.29, 0.717) is 5.69 Å². The lowest BCUT2D eigenvalue weighted by atomic mass is 10.1. The molecule has 30 heavy (non-hydrogen) atoms. The van der Waals surface area contributed by atoms with Gasteiger partial charge in [0.05, 0.1) is 10.7 Å². The van der Waals surface area contributed by atoms with Gasteiger partial charge in [-0.1, -0.05) is 29.0 Å². The number of carbonyl (C=O) groups is 3. The largest absolute Gasteiger partial charge is 0.324 e. The summed E-state index contributed by atoms with van der Waals surface area (Å²) in [7, 11) is 0.